The Morgan fingerprint density at radius 3 is 2.73 bits per heavy atom. The van der Waals surface area contributed by atoms with Gasteiger partial charge in [0.25, 0.3) is 5.91 Å². The van der Waals surface area contributed by atoms with Gasteiger partial charge in [-0.3, -0.25) is 19.2 Å². The van der Waals surface area contributed by atoms with Crippen molar-refractivity contribution in [3.05, 3.63) is 23.8 Å². The number of carbonyl (C=O) groups is 4. The minimum absolute atomic E-state index is 0.0713. The molecule has 138 valence electrons. The number of hydrogen-bond donors (Lipinski definition) is 1. The standard InChI is InChI=1S/C21H25NO4/c1-20-7-5-12(24)9-16(20)17(22-19(26)11-23)10-13-14-3-4-18(25)21(14,2)8-6-15(13)20/h5,7,9,11,13-15,17H,3-4,6,8,10H2,1-2H3,(H,22,26)/t13-,14-,15-,17-,20+,21-/m0/s1. The predicted molar refractivity (Wildman–Crippen MR) is 95.0 cm³/mol. The monoisotopic (exact) mass is 355 g/mol. The van der Waals surface area contributed by atoms with Gasteiger partial charge in [-0.05, 0) is 61.2 Å². The van der Waals surface area contributed by atoms with Crippen LogP contribution in [-0.4, -0.2) is 29.8 Å². The maximum Gasteiger partial charge on any atom is 0.284 e. The second-order valence-corrected chi connectivity index (χ2v) is 8.83. The van der Waals surface area contributed by atoms with Crippen molar-refractivity contribution in [2.24, 2.45) is 28.6 Å². The molecule has 0 aromatic carbocycles. The molecule has 3 saturated carbocycles. The molecule has 0 aliphatic heterocycles. The summed E-state index contributed by atoms with van der Waals surface area (Å²) in [7, 11) is 0. The number of rotatable bonds is 2. The number of nitrogens with one attached hydrogen (secondary N) is 1. The van der Waals surface area contributed by atoms with Gasteiger partial charge in [0.05, 0.1) is 6.04 Å². The highest BCUT2D eigenvalue weighted by molar-refractivity contribution is 6.23. The molecular formula is C21H25NO4. The van der Waals surface area contributed by atoms with E-state index in [-0.39, 0.29) is 28.9 Å². The molecule has 0 bridgehead atoms. The quantitative estimate of drug-likeness (QED) is 0.608. The fourth-order valence-electron chi connectivity index (χ4n) is 6.40. The number of allylic oxidation sites excluding steroid dienone is 3. The summed E-state index contributed by atoms with van der Waals surface area (Å²) in [5.74, 6) is 0.616. The third kappa shape index (κ3) is 2.29. The zero-order chi connectivity index (χ0) is 18.7. The molecule has 26 heavy (non-hydrogen) atoms. The number of Topliss-reactive ketones (excluding diaryl/α,β-unsaturated/α-hetero) is 1. The van der Waals surface area contributed by atoms with Gasteiger partial charge in [0, 0.05) is 17.3 Å². The molecule has 1 amide bonds. The SMILES string of the molecule is C[C@]12C=CC(=O)C=C1[C@@H](NC(=O)C=O)C[C@@H]1[C@@H]2CC[C@]2(C)C(=O)CC[C@@H]12. The molecule has 0 spiro atoms. The summed E-state index contributed by atoms with van der Waals surface area (Å²) in [4.78, 5) is 47.2. The van der Waals surface area contributed by atoms with Gasteiger partial charge >= 0.3 is 0 Å². The molecule has 0 aromatic heterocycles. The van der Waals surface area contributed by atoms with Crippen LogP contribution in [-0.2, 0) is 19.2 Å². The Morgan fingerprint density at radius 2 is 2.00 bits per heavy atom. The van der Waals surface area contributed by atoms with Crippen molar-refractivity contribution in [3.8, 4) is 0 Å². The van der Waals surface area contributed by atoms with Crippen LogP contribution in [0.3, 0.4) is 0 Å². The van der Waals surface area contributed by atoms with Crippen molar-refractivity contribution in [2.45, 2.75) is 52.0 Å². The van der Waals surface area contributed by atoms with Crippen LogP contribution >= 0.6 is 0 Å². The van der Waals surface area contributed by atoms with Crippen molar-refractivity contribution >= 4 is 23.8 Å². The van der Waals surface area contributed by atoms with Crippen LogP contribution in [0.1, 0.15) is 46.0 Å². The lowest BCUT2D eigenvalue weighted by atomic mass is 9.47. The lowest BCUT2D eigenvalue weighted by Crippen LogP contribution is -2.56. The molecule has 4 aliphatic rings. The van der Waals surface area contributed by atoms with Crippen molar-refractivity contribution < 1.29 is 19.2 Å². The Labute approximate surface area is 153 Å². The van der Waals surface area contributed by atoms with Crippen LogP contribution in [0.5, 0.6) is 0 Å². The second kappa shape index (κ2) is 5.73. The van der Waals surface area contributed by atoms with Gasteiger partial charge in [-0.15, -0.1) is 0 Å². The molecule has 0 saturated heterocycles. The summed E-state index contributed by atoms with van der Waals surface area (Å²) >= 11 is 0. The number of amides is 1. The summed E-state index contributed by atoms with van der Waals surface area (Å²) in [6.07, 6.45) is 9.62. The van der Waals surface area contributed by atoms with Crippen LogP contribution in [0.4, 0.5) is 0 Å². The van der Waals surface area contributed by atoms with E-state index in [9.17, 15) is 19.2 Å². The fraction of sp³-hybridized carbons (Fsp3) is 0.619. The lowest BCUT2D eigenvalue weighted by molar-refractivity contribution is -0.134. The summed E-state index contributed by atoms with van der Waals surface area (Å²) in [5, 5.41) is 2.80. The van der Waals surface area contributed by atoms with Gasteiger partial charge in [0.1, 0.15) is 5.78 Å². The molecule has 4 rings (SSSR count). The number of ketones is 2. The topological polar surface area (TPSA) is 80.3 Å². The Hall–Kier alpha value is -2.04. The number of carbonyl (C=O) groups excluding carboxylic acids is 4. The van der Waals surface area contributed by atoms with E-state index in [1.807, 2.05) is 6.08 Å². The van der Waals surface area contributed by atoms with E-state index in [0.29, 0.717) is 36.4 Å². The Morgan fingerprint density at radius 1 is 1.23 bits per heavy atom. The Kier molecular flexibility index (Phi) is 3.83. The minimum atomic E-state index is -0.653. The second-order valence-electron chi connectivity index (χ2n) is 8.83. The first-order valence-corrected chi connectivity index (χ1v) is 9.54. The van der Waals surface area contributed by atoms with E-state index in [1.54, 1.807) is 12.2 Å². The smallest absolute Gasteiger partial charge is 0.284 e. The van der Waals surface area contributed by atoms with Crippen molar-refractivity contribution in [2.75, 3.05) is 0 Å². The maximum atomic E-state index is 12.5. The minimum Gasteiger partial charge on any atom is -0.343 e. The van der Waals surface area contributed by atoms with E-state index in [2.05, 4.69) is 19.2 Å². The molecule has 3 fully saturated rings. The molecule has 0 radical (unpaired) electrons. The molecule has 0 heterocycles. The zero-order valence-electron chi connectivity index (χ0n) is 15.3. The molecule has 0 unspecified atom stereocenters. The average molecular weight is 355 g/mol. The fourth-order valence-corrected chi connectivity index (χ4v) is 6.40. The lowest BCUT2D eigenvalue weighted by Gasteiger charge is -2.57. The third-order valence-corrected chi connectivity index (χ3v) is 7.74. The van der Waals surface area contributed by atoms with Gasteiger partial charge in [-0.25, -0.2) is 0 Å². The first-order chi connectivity index (χ1) is 12.3. The largest absolute Gasteiger partial charge is 0.343 e. The Bertz CT molecular complexity index is 766. The highest BCUT2D eigenvalue weighted by Gasteiger charge is 2.60. The first kappa shape index (κ1) is 17.4. The molecule has 5 heteroatoms. The molecule has 1 N–H and O–H groups in total. The van der Waals surface area contributed by atoms with Gasteiger partial charge in [-0.1, -0.05) is 19.9 Å². The number of aldehydes is 1. The van der Waals surface area contributed by atoms with Crippen molar-refractivity contribution in [3.63, 3.8) is 0 Å². The molecule has 5 nitrogen and oxygen atoms in total. The summed E-state index contributed by atoms with van der Waals surface area (Å²) in [6, 6.07) is -0.328. The van der Waals surface area contributed by atoms with Crippen LogP contribution in [0.2, 0.25) is 0 Å². The van der Waals surface area contributed by atoms with Crippen molar-refractivity contribution in [1.29, 1.82) is 0 Å². The summed E-state index contributed by atoms with van der Waals surface area (Å²) in [5.41, 5.74) is 0.339. The van der Waals surface area contributed by atoms with Crippen LogP contribution in [0, 0.1) is 28.6 Å². The van der Waals surface area contributed by atoms with Gasteiger partial charge in [0.2, 0.25) is 6.29 Å². The van der Waals surface area contributed by atoms with Crippen molar-refractivity contribution in [1.82, 2.24) is 5.32 Å². The summed E-state index contributed by atoms with van der Waals surface area (Å²) < 4.78 is 0. The van der Waals surface area contributed by atoms with E-state index in [1.165, 1.54) is 0 Å². The highest BCUT2D eigenvalue weighted by Crippen LogP contribution is 2.63. The van der Waals surface area contributed by atoms with Crippen LogP contribution < -0.4 is 5.32 Å². The van der Waals surface area contributed by atoms with Gasteiger partial charge in [0.15, 0.2) is 5.78 Å². The first-order valence-electron chi connectivity index (χ1n) is 9.54. The van der Waals surface area contributed by atoms with E-state index in [4.69, 9.17) is 0 Å². The van der Waals surface area contributed by atoms with Gasteiger partial charge < -0.3 is 5.32 Å². The molecular weight excluding hydrogens is 330 g/mol. The average Bonchev–Trinajstić information content (AvgIpc) is 2.91. The molecule has 4 aliphatic carbocycles. The predicted octanol–water partition coefficient (Wildman–Crippen LogP) is 2.16. The van der Waals surface area contributed by atoms with E-state index in [0.717, 1.165) is 24.8 Å². The number of fused-ring (bicyclic) bond motifs is 5. The van der Waals surface area contributed by atoms with Crippen LogP contribution in [0.15, 0.2) is 23.8 Å². The van der Waals surface area contributed by atoms with E-state index < -0.39 is 5.91 Å². The molecule has 0 aromatic rings. The molecule has 6 atom stereocenters. The van der Waals surface area contributed by atoms with Gasteiger partial charge in [-0.2, -0.15) is 0 Å². The normalized spacial score (nSPS) is 43.8. The zero-order valence-corrected chi connectivity index (χ0v) is 15.3. The van der Waals surface area contributed by atoms with E-state index >= 15 is 0 Å². The van der Waals surface area contributed by atoms with Crippen LogP contribution in [0.25, 0.3) is 0 Å². The Balaban J connectivity index is 1.75. The third-order valence-electron chi connectivity index (χ3n) is 7.74. The maximum absolute atomic E-state index is 12.5. The number of hydrogen-bond acceptors (Lipinski definition) is 4. The highest BCUT2D eigenvalue weighted by atomic mass is 16.2. The summed E-state index contributed by atoms with van der Waals surface area (Å²) in [6.45, 7) is 4.24.